The molecule has 5 nitrogen and oxygen atoms in total. The van der Waals surface area contributed by atoms with Crippen LogP contribution in [0.5, 0.6) is 0 Å². The van der Waals surface area contributed by atoms with E-state index in [0.717, 1.165) is 31.2 Å². The highest BCUT2D eigenvalue weighted by atomic mass is 35.5. The average molecular weight is 382 g/mol. The fraction of sp³-hybridized carbons (Fsp3) is 0.600. The normalized spacial score (nSPS) is 20.2. The van der Waals surface area contributed by atoms with Gasteiger partial charge in [0.15, 0.2) is 5.78 Å². The van der Waals surface area contributed by atoms with Crippen LogP contribution >= 0.6 is 11.6 Å². The minimum absolute atomic E-state index is 0.204. The van der Waals surface area contributed by atoms with Crippen molar-refractivity contribution >= 4 is 23.4 Å². The van der Waals surface area contributed by atoms with Crippen LogP contribution in [0.3, 0.4) is 0 Å². The second kappa shape index (κ2) is 10.7. The van der Waals surface area contributed by atoms with Gasteiger partial charge in [-0.3, -0.25) is 9.59 Å². The summed E-state index contributed by atoms with van der Waals surface area (Å²) < 4.78 is 9.89. The maximum absolute atomic E-state index is 12.8. The Morgan fingerprint density at radius 2 is 2.04 bits per heavy atom. The summed E-state index contributed by atoms with van der Waals surface area (Å²) in [6.07, 6.45) is 5.14. The number of hydrogen-bond donors (Lipinski definition) is 1. The van der Waals surface area contributed by atoms with E-state index in [0.29, 0.717) is 37.4 Å². The maximum atomic E-state index is 12.8. The van der Waals surface area contributed by atoms with Crippen molar-refractivity contribution < 1.29 is 19.1 Å². The summed E-state index contributed by atoms with van der Waals surface area (Å²) in [5, 5.41) is 4.08. The quantitative estimate of drug-likeness (QED) is 0.495. The first-order valence-electron chi connectivity index (χ1n) is 9.28. The number of carbonyl (C=O) groups is 2. The van der Waals surface area contributed by atoms with E-state index in [1.54, 1.807) is 7.11 Å². The van der Waals surface area contributed by atoms with E-state index >= 15 is 0 Å². The van der Waals surface area contributed by atoms with Crippen molar-refractivity contribution in [2.24, 2.45) is 0 Å². The van der Waals surface area contributed by atoms with Gasteiger partial charge in [0, 0.05) is 25.0 Å². The smallest absolute Gasteiger partial charge is 0.305 e. The Labute approximate surface area is 160 Å². The number of carbonyl (C=O) groups excluding carboxylic acids is 2. The molecule has 1 unspecified atom stereocenters. The van der Waals surface area contributed by atoms with E-state index in [-0.39, 0.29) is 18.4 Å². The topological polar surface area (TPSA) is 64.6 Å². The molecular formula is C20H28ClNO4. The van der Waals surface area contributed by atoms with Crippen LogP contribution in [0.25, 0.3) is 0 Å². The fourth-order valence-electron chi connectivity index (χ4n) is 3.41. The van der Waals surface area contributed by atoms with Crippen molar-refractivity contribution in [3.63, 3.8) is 0 Å². The average Bonchev–Trinajstić information content (AvgIpc) is 2.64. The number of hydrogen-bond acceptors (Lipinski definition) is 5. The minimum atomic E-state index is -0.699. The van der Waals surface area contributed by atoms with Crippen molar-refractivity contribution in [3.8, 4) is 0 Å². The number of ether oxygens (including phenoxy) is 2. The number of esters is 1. The summed E-state index contributed by atoms with van der Waals surface area (Å²) in [4.78, 5) is 24.4. The van der Waals surface area contributed by atoms with Gasteiger partial charge in [-0.2, -0.15) is 0 Å². The highest BCUT2D eigenvalue weighted by Gasteiger charge is 2.41. The largest absolute Gasteiger partial charge is 0.463 e. The Bertz CT molecular complexity index is 607. The van der Waals surface area contributed by atoms with Crippen LogP contribution in [0, 0.1) is 0 Å². The number of benzene rings is 1. The lowest BCUT2D eigenvalue weighted by molar-refractivity contribution is -0.145. The van der Waals surface area contributed by atoms with E-state index in [2.05, 4.69) is 5.32 Å². The Hall–Kier alpha value is -1.43. The monoisotopic (exact) mass is 381 g/mol. The molecular weight excluding hydrogens is 354 g/mol. The van der Waals surface area contributed by atoms with Gasteiger partial charge >= 0.3 is 5.97 Å². The standard InChI is InChI=1S/C20H28ClNO4/c1-25-14-15-26-19(24)11-5-7-13-22-20(12-6-4-10-18(20)23)16-8-2-3-9-17(16)21/h2-3,8-9,22H,4-7,10-15H2,1H3. The van der Waals surface area contributed by atoms with Gasteiger partial charge in [-0.25, -0.2) is 0 Å². The number of halogens is 1. The van der Waals surface area contributed by atoms with Gasteiger partial charge < -0.3 is 14.8 Å². The Morgan fingerprint density at radius 3 is 2.77 bits per heavy atom. The van der Waals surface area contributed by atoms with Crippen LogP contribution in [0.4, 0.5) is 0 Å². The molecule has 6 heteroatoms. The molecule has 0 radical (unpaired) electrons. The first kappa shape index (κ1) is 20.9. The number of nitrogens with one attached hydrogen (secondary N) is 1. The molecule has 1 aromatic carbocycles. The van der Waals surface area contributed by atoms with E-state index in [9.17, 15) is 9.59 Å². The highest BCUT2D eigenvalue weighted by molar-refractivity contribution is 6.31. The molecule has 0 spiro atoms. The molecule has 0 heterocycles. The molecule has 26 heavy (non-hydrogen) atoms. The van der Waals surface area contributed by atoms with Crippen molar-refractivity contribution in [2.75, 3.05) is 26.9 Å². The molecule has 0 aromatic heterocycles. The first-order chi connectivity index (χ1) is 12.6. The summed E-state index contributed by atoms with van der Waals surface area (Å²) in [7, 11) is 1.57. The van der Waals surface area contributed by atoms with E-state index in [4.69, 9.17) is 21.1 Å². The zero-order valence-electron chi connectivity index (χ0n) is 15.4. The number of unbranched alkanes of at least 4 members (excludes halogenated alkanes) is 1. The molecule has 1 fully saturated rings. The Morgan fingerprint density at radius 1 is 1.23 bits per heavy atom. The fourth-order valence-corrected chi connectivity index (χ4v) is 3.71. The molecule has 1 N–H and O–H groups in total. The predicted molar refractivity (Wildman–Crippen MR) is 101 cm³/mol. The molecule has 2 rings (SSSR count). The molecule has 1 aliphatic carbocycles. The number of rotatable bonds is 10. The molecule has 0 saturated heterocycles. The van der Waals surface area contributed by atoms with E-state index < -0.39 is 5.54 Å². The van der Waals surface area contributed by atoms with Crippen LogP contribution in [-0.2, 0) is 24.6 Å². The summed E-state index contributed by atoms with van der Waals surface area (Å²) >= 11 is 6.39. The summed E-state index contributed by atoms with van der Waals surface area (Å²) in [6, 6.07) is 7.56. The lowest BCUT2D eigenvalue weighted by Crippen LogP contribution is -2.51. The lowest BCUT2D eigenvalue weighted by Gasteiger charge is -2.38. The van der Waals surface area contributed by atoms with Crippen LogP contribution in [0.2, 0.25) is 5.02 Å². The molecule has 1 saturated carbocycles. The lowest BCUT2D eigenvalue weighted by atomic mass is 9.75. The van der Waals surface area contributed by atoms with Gasteiger partial charge in [-0.15, -0.1) is 0 Å². The van der Waals surface area contributed by atoms with Crippen LogP contribution in [0.1, 0.15) is 50.5 Å². The van der Waals surface area contributed by atoms with E-state index in [1.165, 1.54) is 0 Å². The van der Waals surface area contributed by atoms with Crippen LogP contribution < -0.4 is 5.32 Å². The molecule has 0 aliphatic heterocycles. The third kappa shape index (κ3) is 5.53. The second-order valence-electron chi connectivity index (χ2n) is 6.61. The summed E-state index contributed by atoms with van der Waals surface area (Å²) in [6.45, 7) is 1.36. The maximum Gasteiger partial charge on any atom is 0.305 e. The summed E-state index contributed by atoms with van der Waals surface area (Å²) in [5.74, 6) is -0.00700. The van der Waals surface area contributed by atoms with Crippen molar-refractivity contribution in [2.45, 2.75) is 50.5 Å². The molecule has 1 aromatic rings. The number of ketones is 1. The minimum Gasteiger partial charge on any atom is -0.463 e. The highest BCUT2D eigenvalue weighted by Crippen LogP contribution is 2.38. The SMILES string of the molecule is COCCOC(=O)CCCCNC1(c2ccccc2Cl)CCCCC1=O. The predicted octanol–water partition coefficient (Wildman–Crippen LogP) is 3.63. The van der Waals surface area contributed by atoms with Gasteiger partial charge in [0.05, 0.1) is 6.61 Å². The van der Waals surface area contributed by atoms with Crippen LogP contribution in [0.15, 0.2) is 24.3 Å². The van der Waals surface area contributed by atoms with Gasteiger partial charge in [-0.05, 0) is 43.9 Å². The van der Waals surface area contributed by atoms with Gasteiger partial charge in [-0.1, -0.05) is 36.2 Å². The number of Topliss-reactive ketones (excluding diaryl/α,β-unsaturated/α-hetero) is 1. The molecule has 144 valence electrons. The molecule has 0 amide bonds. The Balaban J connectivity index is 1.88. The third-order valence-electron chi connectivity index (χ3n) is 4.80. The van der Waals surface area contributed by atoms with Crippen molar-refractivity contribution in [1.82, 2.24) is 5.32 Å². The van der Waals surface area contributed by atoms with Crippen LogP contribution in [-0.4, -0.2) is 38.6 Å². The van der Waals surface area contributed by atoms with Gasteiger partial charge in [0.2, 0.25) is 0 Å². The Kier molecular flexibility index (Phi) is 8.55. The second-order valence-corrected chi connectivity index (χ2v) is 7.02. The van der Waals surface area contributed by atoms with E-state index in [1.807, 2.05) is 24.3 Å². The molecule has 0 bridgehead atoms. The molecule has 1 aliphatic rings. The summed E-state index contributed by atoms with van der Waals surface area (Å²) in [5.41, 5.74) is 0.167. The van der Waals surface area contributed by atoms with Crippen molar-refractivity contribution in [1.29, 1.82) is 0 Å². The molecule has 1 atom stereocenters. The first-order valence-corrected chi connectivity index (χ1v) is 9.66. The zero-order valence-corrected chi connectivity index (χ0v) is 16.1. The third-order valence-corrected chi connectivity index (χ3v) is 5.13. The van der Waals surface area contributed by atoms with Gasteiger partial charge in [0.25, 0.3) is 0 Å². The van der Waals surface area contributed by atoms with Gasteiger partial charge in [0.1, 0.15) is 12.1 Å². The van der Waals surface area contributed by atoms with Crippen molar-refractivity contribution in [3.05, 3.63) is 34.9 Å². The zero-order chi connectivity index (χ0) is 18.8. The number of methoxy groups -OCH3 is 1.